The molecule has 0 radical (unpaired) electrons. The Kier molecular flexibility index (Phi) is 5.98. The van der Waals surface area contributed by atoms with E-state index in [1.807, 2.05) is 18.3 Å². The van der Waals surface area contributed by atoms with Gasteiger partial charge >= 0.3 is 0 Å². The second kappa shape index (κ2) is 8.11. The van der Waals surface area contributed by atoms with Crippen molar-refractivity contribution < 1.29 is 13.2 Å². The topological polar surface area (TPSA) is 85.6 Å². The number of nitrogens with zero attached hydrogens (tertiary/aromatic N) is 3. The van der Waals surface area contributed by atoms with Crippen LogP contribution in [-0.4, -0.2) is 35.4 Å². The Morgan fingerprint density at radius 2 is 2.04 bits per heavy atom. The van der Waals surface area contributed by atoms with Gasteiger partial charge in [-0.3, -0.25) is 9.12 Å². The average molecular weight is 407 g/mol. The first-order valence-electron chi connectivity index (χ1n) is 9.99. The van der Waals surface area contributed by atoms with E-state index in [9.17, 15) is 8.42 Å². The van der Waals surface area contributed by atoms with Gasteiger partial charge in [-0.2, -0.15) is 0 Å². The molecule has 0 unspecified atom stereocenters. The zero-order valence-corrected chi connectivity index (χ0v) is 17.8. The van der Waals surface area contributed by atoms with Gasteiger partial charge in [-0.15, -0.1) is 16.8 Å². The van der Waals surface area contributed by atoms with Crippen molar-refractivity contribution in [3.63, 3.8) is 0 Å². The summed E-state index contributed by atoms with van der Waals surface area (Å²) in [4.78, 5) is 0. The molecule has 28 heavy (non-hydrogen) atoms. The molecule has 0 saturated heterocycles. The lowest BCUT2D eigenvalue weighted by Crippen LogP contribution is -2.27. The van der Waals surface area contributed by atoms with Gasteiger partial charge in [-0.1, -0.05) is 19.9 Å². The molecular weight excluding hydrogens is 376 g/mol. The van der Waals surface area contributed by atoms with Gasteiger partial charge in [-0.25, -0.2) is 8.42 Å². The van der Waals surface area contributed by atoms with E-state index < -0.39 is 10.0 Å². The fourth-order valence-electron chi connectivity index (χ4n) is 3.38. The van der Waals surface area contributed by atoms with E-state index in [1.165, 1.54) is 0 Å². The fraction of sp³-hybridized carbons (Fsp3) is 0.600. The summed E-state index contributed by atoms with van der Waals surface area (Å²) >= 11 is 0. The third-order valence-electron chi connectivity index (χ3n) is 5.79. The van der Waals surface area contributed by atoms with Crippen molar-refractivity contribution in [2.45, 2.75) is 58.8 Å². The summed E-state index contributed by atoms with van der Waals surface area (Å²) in [6, 6.07) is 1.87. The Bertz CT molecular complexity index is 944. The summed E-state index contributed by atoms with van der Waals surface area (Å²) in [5.41, 5.74) is 1.73. The molecule has 0 spiro atoms. The minimum Gasteiger partial charge on any atom is -0.493 e. The maximum atomic E-state index is 11.9. The van der Waals surface area contributed by atoms with Gasteiger partial charge in [0.15, 0.2) is 5.65 Å². The van der Waals surface area contributed by atoms with Crippen LogP contribution in [0.1, 0.15) is 64.4 Å². The molecule has 8 heteroatoms. The number of hydrogen-bond donors (Lipinski definition) is 1. The van der Waals surface area contributed by atoms with Crippen molar-refractivity contribution in [2.24, 2.45) is 5.41 Å². The number of ether oxygens (including phenoxy) is 1. The summed E-state index contributed by atoms with van der Waals surface area (Å²) in [6.07, 6.45) is 9.05. The Labute approximate surface area is 167 Å². The summed E-state index contributed by atoms with van der Waals surface area (Å²) in [5.74, 6) is 1.46. The molecule has 1 aliphatic carbocycles. The van der Waals surface area contributed by atoms with Crippen LogP contribution in [0.5, 0.6) is 5.75 Å². The van der Waals surface area contributed by atoms with Crippen molar-refractivity contribution in [3.05, 3.63) is 30.5 Å². The highest BCUT2D eigenvalue weighted by Gasteiger charge is 2.31. The average Bonchev–Trinajstić information content (AvgIpc) is 3.47. The molecule has 2 aromatic heterocycles. The molecule has 0 amide bonds. The molecule has 1 fully saturated rings. The predicted octanol–water partition coefficient (Wildman–Crippen LogP) is 4.13. The second-order valence-corrected chi connectivity index (χ2v) is 9.62. The van der Waals surface area contributed by atoms with Gasteiger partial charge in [-0.05, 0) is 44.9 Å². The summed E-state index contributed by atoms with van der Waals surface area (Å²) in [6.45, 7) is 10.5. The maximum absolute atomic E-state index is 11.9. The molecule has 0 aromatic carbocycles. The van der Waals surface area contributed by atoms with Gasteiger partial charge in [0.05, 0.1) is 12.4 Å². The van der Waals surface area contributed by atoms with E-state index in [1.54, 1.807) is 11.3 Å². The van der Waals surface area contributed by atoms with Crippen LogP contribution in [0.4, 0.5) is 5.95 Å². The largest absolute Gasteiger partial charge is 0.493 e. The molecule has 0 atom stereocenters. The first-order valence-corrected chi connectivity index (χ1v) is 11.6. The number of allylic oxidation sites excluding steroid dienone is 1. The lowest BCUT2D eigenvalue weighted by Gasteiger charge is -2.30. The van der Waals surface area contributed by atoms with Gasteiger partial charge in [0.1, 0.15) is 5.75 Å². The highest BCUT2D eigenvalue weighted by molar-refractivity contribution is 7.92. The molecule has 7 nitrogen and oxygen atoms in total. The molecule has 2 aromatic rings. The molecule has 3 rings (SSSR count). The van der Waals surface area contributed by atoms with Gasteiger partial charge in [0.2, 0.25) is 16.0 Å². The van der Waals surface area contributed by atoms with E-state index in [2.05, 4.69) is 35.3 Å². The monoisotopic (exact) mass is 406 g/mol. The lowest BCUT2D eigenvalue weighted by atomic mass is 9.80. The van der Waals surface area contributed by atoms with E-state index in [0.717, 1.165) is 43.4 Å². The van der Waals surface area contributed by atoms with E-state index >= 15 is 0 Å². The summed E-state index contributed by atoms with van der Waals surface area (Å²) < 4.78 is 34.4. The smallest absolute Gasteiger partial charge is 0.242 e. The molecule has 2 heterocycles. The fourth-order valence-corrected chi connectivity index (χ4v) is 3.94. The number of aromatic nitrogens is 3. The molecule has 1 saturated carbocycles. The Morgan fingerprint density at radius 1 is 1.32 bits per heavy atom. The minimum absolute atomic E-state index is 0.0159. The van der Waals surface area contributed by atoms with Crippen molar-refractivity contribution in [3.8, 4) is 5.75 Å². The third kappa shape index (κ3) is 4.32. The molecule has 1 aliphatic rings. The summed E-state index contributed by atoms with van der Waals surface area (Å²) in [7, 11) is -3.42. The number of anilines is 1. The number of hydrogen-bond acceptors (Lipinski definition) is 5. The zero-order valence-electron chi connectivity index (χ0n) is 16.9. The molecule has 0 bridgehead atoms. The predicted molar refractivity (Wildman–Crippen MR) is 111 cm³/mol. The number of rotatable bonds is 11. The van der Waals surface area contributed by atoms with Crippen molar-refractivity contribution in [1.82, 2.24) is 14.6 Å². The van der Waals surface area contributed by atoms with Crippen LogP contribution >= 0.6 is 0 Å². The Hall–Kier alpha value is -2.09. The Morgan fingerprint density at radius 3 is 2.61 bits per heavy atom. The molecule has 154 valence electrons. The number of nitrogens with one attached hydrogen (secondary N) is 1. The Balaban J connectivity index is 1.93. The number of pyridine rings is 1. The van der Waals surface area contributed by atoms with Gasteiger partial charge in [0, 0.05) is 23.2 Å². The lowest BCUT2D eigenvalue weighted by molar-refractivity contribution is 0.134. The standard InChI is InChI=1S/C20H30N4O3S/c1-5-11-20(6-2,7-3)14-27-17-12-18-21-22-19(23-28(25,26)8-4)24(18)13-16(17)15-9-10-15/h5,12-13,15H,1,6-11,14H2,2-4H3,(H,22,23). The first kappa shape index (κ1) is 20.6. The van der Waals surface area contributed by atoms with E-state index in [-0.39, 0.29) is 17.1 Å². The van der Waals surface area contributed by atoms with Crippen molar-refractivity contribution in [1.29, 1.82) is 0 Å². The van der Waals surface area contributed by atoms with Crippen molar-refractivity contribution >= 4 is 21.6 Å². The minimum atomic E-state index is -3.42. The highest BCUT2D eigenvalue weighted by Crippen LogP contribution is 2.45. The normalized spacial score (nSPS) is 15.0. The molecule has 1 N–H and O–H groups in total. The summed E-state index contributed by atoms with van der Waals surface area (Å²) in [5, 5.41) is 8.14. The zero-order chi connectivity index (χ0) is 20.4. The van der Waals surface area contributed by atoms with Crippen LogP contribution in [-0.2, 0) is 10.0 Å². The van der Waals surface area contributed by atoms with Crippen LogP contribution < -0.4 is 9.46 Å². The number of fused-ring (bicyclic) bond motifs is 1. The molecule has 0 aliphatic heterocycles. The van der Waals surface area contributed by atoms with Crippen LogP contribution in [0.25, 0.3) is 5.65 Å². The quantitative estimate of drug-likeness (QED) is 0.567. The highest BCUT2D eigenvalue weighted by atomic mass is 32.2. The third-order valence-corrected chi connectivity index (χ3v) is 7.04. The van der Waals surface area contributed by atoms with Crippen LogP contribution in [0.15, 0.2) is 24.9 Å². The van der Waals surface area contributed by atoms with Gasteiger partial charge < -0.3 is 4.74 Å². The molecular formula is C20H30N4O3S. The van der Waals surface area contributed by atoms with Crippen LogP contribution in [0.3, 0.4) is 0 Å². The van der Waals surface area contributed by atoms with E-state index in [4.69, 9.17) is 4.74 Å². The maximum Gasteiger partial charge on any atom is 0.242 e. The van der Waals surface area contributed by atoms with Crippen LogP contribution in [0, 0.1) is 5.41 Å². The second-order valence-electron chi connectivity index (χ2n) is 7.61. The SMILES string of the molecule is C=CCC(CC)(CC)COc1cc2nnc(NS(=O)(=O)CC)n2cc1C1CC1. The van der Waals surface area contributed by atoms with Gasteiger partial charge in [0.25, 0.3) is 0 Å². The number of sulfonamides is 1. The first-order chi connectivity index (χ1) is 13.4. The van der Waals surface area contributed by atoms with E-state index in [0.29, 0.717) is 18.2 Å². The van der Waals surface area contributed by atoms with Crippen LogP contribution in [0.2, 0.25) is 0 Å². The van der Waals surface area contributed by atoms with Crippen molar-refractivity contribution in [2.75, 3.05) is 17.1 Å².